The van der Waals surface area contributed by atoms with Gasteiger partial charge in [0, 0.05) is 17.5 Å². The number of esters is 1. The highest BCUT2D eigenvalue weighted by Crippen LogP contribution is 2.25. The molecule has 112 valence electrons. The molecule has 0 bridgehead atoms. The number of aromatic nitrogens is 1. The fourth-order valence-corrected chi connectivity index (χ4v) is 2.26. The minimum atomic E-state index is -1.26. The number of halogens is 3. The summed E-state index contributed by atoms with van der Waals surface area (Å²) in [4.78, 5) is 15.3. The maximum atomic E-state index is 13.5. The van der Waals surface area contributed by atoms with Gasteiger partial charge in [0.15, 0.2) is 16.8 Å². The number of nitrogens with zero attached hydrogens (tertiary/aromatic N) is 1. The van der Waals surface area contributed by atoms with Crippen LogP contribution in [0, 0.1) is 17.5 Å². The van der Waals surface area contributed by atoms with Gasteiger partial charge in [0.05, 0.1) is 24.4 Å². The van der Waals surface area contributed by atoms with Crippen LogP contribution in [-0.4, -0.2) is 17.6 Å². The lowest BCUT2D eigenvalue weighted by molar-refractivity contribution is -0.142. The van der Waals surface area contributed by atoms with Gasteiger partial charge >= 0.3 is 5.97 Å². The average Bonchev–Trinajstić information content (AvgIpc) is 2.83. The van der Waals surface area contributed by atoms with Crippen LogP contribution in [0.2, 0.25) is 0 Å². The first-order chi connectivity index (χ1) is 9.99. The number of carbonyl (C=O) groups excluding carboxylic acids is 1. The molecule has 1 N–H and O–H groups in total. The third-order valence-corrected chi connectivity index (χ3v) is 3.24. The van der Waals surface area contributed by atoms with Crippen molar-refractivity contribution < 1.29 is 22.7 Å². The summed E-state index contributed by atoms with van der Waals surface area (Å²) in [5.74, 6) is -3.79. The molecule has 2 aromatic rings. The van der Waals surface area contributed by atoms with E-state index in [2.05, 4.69) is 10.3 Å². The van der Waals surface area contributed by atoms with Crippen molar-refractivity contribution in [1.82, 2.24) is 4.98 Å². The summed E-state index contributed by atoms with van der Waals surface area (Å²) in [5.41, 5.74) is 0.217. The number of carbonyl (C=O) groups is 1. The molecule has 1 heterocycles. The van der Waals surface area contributed by atoms with Crippen LogP contribution in [0.1, 0.15) is 12.6 Å². The van der Waals surface area contributed by atoms with Gasteiger partial charge in [0.25, 0.3) is 0 Å². The molecule has 0 aliphatic rings. The Hall–Kier alpha value is -2.09. The predicted octanol–water partition coefficient (Wildman–Crippen LogP) is 3.41. The number of rotatable bonds is 5. The Bertz CT molecular complexity index is 661. The molecule has 0 radical (unpaired) electrons. The van der Waals surface area contributed by atoms with Crippen LogP contribution in [0.4, 0.5) is 24.0 Å². The zero-order valence-electron chi connectivity index (χ0n) is 11.0. The van der Waals surface area contributed by atoms with E-state index in [1.54, 1.807) is 12.3 Å². The van der Waals surface area contributed by atoms with Gasteiger partial charge in [-0.2, -0.15) is 0 Å². The minimum absolute atomic E-state index is 0.00766. The molecule has 1 aromatic heterocycles. The van der Waals surface area contributed by atoms with Crippen molar-refractivity contribution in [3.05, 3.63) is 40.7 Å². The maximum Gasteiger partial charge on any atom is 0.311 e. The second-order valence-corrected chi connectivity index (χ2v) is 4.86. The van der Waals surface area contributed by atoms with Crippen LogP contribution < -0.4 is 5.32 Å². The third kappa shape index (κ3) is 3.94. The van der Waals surface area contributed by atoms with Crippen molar-refractivity contribution in [3.63, 3.8) is 0 Å². The van der Waals surface area contributed by atoms with E-state index in [4.69, 9.17) is 4.74 Å². The zero-order chi connectivity index (χ0) is 15.4. The Morgan fingerprint density at radius 1 is 1.29 bits per heavy atom. The average molecular weight is 316 g/mol. The van der Waals surface area contributed by atoms with E-state index >= 15 is 0 Å². The topological polar surface area (TPSA) is 51.2 Å². The number of anilines is 2. The Kier molecular flexibility index (Phi) is 4.79. The summed E-state index contributed by atoms with van der Waals surface area (Å²) in [7, 11) is 0. The van der Waals surface area contributed by atoms with Gasteiger partial charge in [-0.3, -0.25) is 4.79 Å². The molecule has 1 aromatic carbocycles. The lowest BCUT2D eigenvalue weighted by Gasteiger charge is -2.04. The van der Waals surface area contributed by atoms with Crippen LogP contribution in [0.25, 0.3) is 0 Å². The van der Waals surface area contributed by atoms with Crippen molar-refractivity contribution in [2.24, 2.45) is 0 Å². The number of hydrogen-bond acceptors (Lipinski definition) is 5. The lowest BCUT2D eigenvalue weighted by Crippen LogP contribution is -2.07. The molecule has 0 atom stereocenters. The number of hydrogen-bond donors (Lipinski definition) is 1. The normalized spacial score (nSPS) is 10.5. The minimum Gasteiger partial charge on any atom is -0.466 e. The van der Waals surface area contributed by atoms with Crippen molar-refractivity contribution >= 4 is 28.1 Å². The maximum absolute atomic E-state index is 13.5. The van der Waals surface area contributed by atoms with E-state index < -0.39 is 23.4 Å². The summed E-state index contributed by atoms with van der Waals surface area (Å²) < 4.78 is 44.1. The summed E-state index contributed by atoms with van der Waals surface area (Å²) in [6.45, 7) is 1.96. The molecule has 4 nitrogen and oxygen atoms in total. The predicted molar refractivity (Wildman–Crippen MR) is 72.0 cm³/mol. The van der Waals surface area contributed by atoms with Crippen molar-refractivity contribution in [3.8, 4) is 0 Å². The molecule has 8 heteroatoms. The fourth-order valence-electron chi connectivity index (χ4n) is 1.54. The monoisotopic (exact) mass is 316 g/mol. The molecule has 0 aliphatic heterocycles. The third-order valence-electron chi connectivity index (χ3n) is 2.43. The first-order valence-electron chi connectivity index (χ1n) is 6.01. The van der Waals surface area contributed by atoms with E-state index in [9.17, 15) is 18.0 Å². The largest absolute Gasteiger partial charge is 0.466 e. The Morgan fingerprint density at radius 3 is 2.71 bits per heavy atom. The molecular formula is C13H11F3N2O2S. The Morgan fingerprint density at radius 2 is 2.00 bits per heavy atom. The van der Waals surface area contributed by atoms with Gasteiger partial charge < -0.3 is 10.1 Å². The van der Waals surface area contributed by atoms with Crippen LogP contribution in [-0.2, 0) is 16.0 Å². The van der Waals surface area contributed by atoms with Crippen LogP contribution in [0.3, 0.4) is 0 Å². The highest BCUT2D eigenvalue weighted by atomic mass is 32.1. The van der Waals surface area contributed by atoms with Crippen molar-refractivity contribution in [2.45, 2.75) is 13.3 Å². The van der Waals surface area contributed by atoms with Crippen molar-refractivity contribution in [1.29, 1.82) is 0 Å². The van der Waals surface area contributed by atoms with Crippen molar-refractivity contribution in [2.75, 3.05) is 11.9 Å². The highest BCUT2D eigenvalue weighted by Gasteiger charge is 2.12. The second-order valence-electron chi connectivity index (χ2n) is 4.00. The van der Waals surface area contributed by atoms with E-state index in [0.717, 1.165) is 11.3 Å². The van der Waals surface area contributed by atoms with Crippen LogP contribution in [0.15, 0.2) is 17.5 Å². The Labute approximate surface area is 122 Å². The van der Waals surface area contributed by atoms with Gasteiger partial charge in [-0.25, -0.2) is 18.2 Å². The molecule has 0 saturated heterocycles. The van der Waals surface area contributed by atoms with Crippen LogP contribution in [0.5, 0.6) is 0 Å². The molecular weight excluding hydrogens is 305 g/mol. The first-order valence-corrected chi connectivity index (χ1v) is 6.89. The van der Waals surface area contributed by atoms with E-state index in [1.807, 2.05) is 0 Å². The summed E-state index contributed by atoms with van der Waals surface area (Å²) in [5, 5.41) is 4.40. The summed E-state index contributed by atoms with van der Waals surface area (Å²) >= 11 is 1.11. The smallest absolute Gasteiger partial charge is 0.311 e. The van der Waals surface area contributed by atoms with Gasteiger partial charge in [-0.15, -0.1) is 11.3 Å². The molecule has 0 aliphatic carbocycles. The van der Waals surface area contributed by atoms with E-state index in [1.165, 1.54) is 0 Å². The molecule has 0 spiro atoms. The number of ether oxygens (including phenoxy) is 1. The highest BCUT2D eigenvalue weighted by molar-refractivity contribution is 7.13. The quantitative estimate of drug-likeness (QED) is 0.678. The zero-order valence-corrected chi connectivity index (χ0v) is 11.8. The standard InChI is InChI=1S/C13H11F3N2O2S/c1-2-20-12(19)3-7-6-21-13(17-7)18-11-5-9(15)8(14)4-10(11)16/h4-6H,2-3H2,1H3,(H,17,18). The molecule has 21 heavy (non-hydrogen) atoms. The summed E-state index contributed by atoms with van der Waals surface area (Å²) in [6.07, 6.45) is -0.00766. The molecule has 0 fully saturated rings. The van der Waals surface area contributed by atoms with Gasteiger partial charge in [0.1, 0.15) is 5.82 Å². The number of thiazole rings is 1. The fraction of sp³-hybridized carbons (Fsp3) is 0.231. The Balaban J connectivity index is 2.09. The molecule has 0 unspecified atom stereocenters. The lowest BCUT2D eigenvalue weighted by atomic mass is 10.3. The SMILES string of the molecule is CCOC(=O)Cc1csc(Nc2cc(F)c(F)cc2F)n1. The van der Waals surface area contributed by atoms with Gasteiger partial charge in [-0.05, 0) is 6.92 Å². The molecule has 0 amide bonds. The summed E-state index contributed by atoms with van der Waals surface area (Å²) in [6, 6.07) is 1.15. The van der Waals surface area contributed by atoms with Crippen LogP contribution >= 0.6 is 11.3 Å². The number of nitrogens with one attached hydrogen (secondary N) is 1. The molecule has 0 saturated carbocycles. The van der Waals surface area contributed by atoms with Gasteiger partial charge in [0.2, 0.25) is 0 Å². The second kappa shape index (κ2) is 6.57. The van der Waals surface area contributed by atoms with Gasteiger partial charge in [-0.1, -0.05) is 0 Å². The van der Waals surface area contributed by atoms with E-state index in [0.29, 0.717) is 17.8 Å². The first kappa shape index (κ1) is 15.3. The number of benzene rings is 1. The molecule has 2 rings (SSSR count). The van der Waals surface area contributed by atoms with E-state index in [-0.39, 0.29) is 23.8 Å².